The van der Waals surface area contributed by atoms with Crippen LogP contribution in [0.4, 0.5) is 0 Å². The third-order valence-electron chi connectivity index (χ3n) is 7.96. The summed E-state index contributed by atoms with van der Waals surface area (Å²) >= 11 is 7.93. The summed E-state index contributed by atoms with van der Waals surface area (Å²) in [5.74, 6) is -7.56. The van der Waals surface area contributed by atoms with Crippen molar-refractivity contribution in [3.8, 4) is 0 Å². The molecule has 0 aromatic rings. The van der Waals surface area contributed by atoms with Crippen LogP contribution < -0.4 is 65.9 Å². The molecule has 0 unspecified atom stereocenters. The molecular formula is C33H62N14O9S2. The SMILES string of the molecule is CC(C)C[C@H](NC(=O)[C@@H](NC(=O)[C@@H](N)CS)C(C)C)C(=O)N[C@@H](CCCN=C(N)N)C(=O)NCC(=O)NCC(=O)N[C@@H](CCCN=C(N)N)C(=O)N[C@@H](CS)C(=O)O. The summed E-state index contributed by atoms with van der Waals surface area (Å²) in [5, 5.41) is 26.5. The number of thiol groups is 2. The maximum Gasteiger partial charge on any atom is 0.327 e. The highest BCUT2D eigenvalue weighted by atomic mass is 32.1. The zero-order valence-electron chi connectivity index (χ0n) is 33.3. The van der Waals surface area contributed by atoms with E-state index in [1.807, 2.05) is 13.8 Å². The fraction of sp³-hybridized carbons (Fsp3) is 0.697. The molecule has 0 heterocycles. The minimum atomic E-state index is -1.34. The number of carbonyl (C=O) groups excluding carboxylic acids is 7. The number of aliphatic imine (C=N–C) groups is 2. The number of rotatable bonds is 28. The van der Waals surface area contributed by atoms with E-state index < -0.39 is 96.7 Å². The Hall–Kier alpha value is -5.04. The van der Waals surface area contributed by atoms with Gasteiger partial charge in [0, 0.05) is 24.6 Å². The molecule has 6 atom stereocenters. The topological polar surface area (TPSA) is 396 Å². The molecule has 330 valence electrons. The Morgan fingerprint density at radius 1 is 0.586 bits per heavy atom. The van der Waals surface area contributed by atoms with Crippen molar-refractivity contribution in [3.63, 3.8) is 0 Å². The maximum absolute atomic E-state index is 13.6. The summed E-state index contributed by atoms with van der Waals surface area (Å²) in [5.41, 5.74) is 27.2. The van der Waals surface area contributed by atoms with Crippen molar-refractivity contribution in [2.75, 3.05) is 37.7 Å². The van der Waals surface area contributed by atoms with Crippen LogP contribution in [0, 0.1) is 11.8 Å². The van der Waals surface area contributed by atoms with Gasteiger partial charge in [0.2, 0.25) is 41.4 Å². The van der Waals surface area contributed by atoms with Gasteiger partial charge >= 0.3 is 5.97 Å². The molecule has 0 aliphatic rings. The predicted octanol–water partition coefficient (Wildman–Crippen LogP) is -5.28. The van der Waals surface area contributed by atoms with Gasteiger partial charge < -0.3 is 71.0 Å². The van der Waals surface area contributed by atoms with E-state index in [1.165, 1.54) is 0 Å². The highest BCUT2D eigenvalue weighted by Crippen LogP contribution is 2.10. The van der Waals surface area contributed by atoms with Crippen molar-refractivity contribution in [2.45, 2.75) is 96.1 Å². The normalized spacial score (nSPS) is 13.9. The summed E-state index contributed by atoms with van der Waals surface area (Å²) in [7, 11) is 0. The summed E-state index contributed by atoms with van der Waals surface area (Å²) in [6, 6.07) is -6.93. The van der Waals surface area contributed by atoms with E-state index in [-0.39, 0.29) is 80.5 Å². The molecule has 0 rings (SSSR count). The molecule has 0 bridgehead atoms. The molecule has 0 saturated carbocycles. The molecule has 58 heavy (non-hydrogen) atoms. The van der Waals surface area contributed by atoms with Gasteiger partial charge in [-0.2, -0.15) is 25.3 Å². The first-order valence-corrected chi connectivity index (χ1v) is 19.8. The Bertz CT molecular complexity index is 1460. The monoisotopic (exact) mass is 862 g/mol. The lowest BCUT2D eigenvalue weighted by atomic mass is 9.99. The zero-order chi connectivity index (χ0) is 44.5. The van der Waals surface area contributed by atoms with E-state index in [9.17, 15) is 43.5 Å². The number of aliphatic carboxylic acids is 1. The lowest BCUT2D eigenvalue weighted by Gasteiger charge is -2.28. The van der Waals surface area contributed by atoms with Crippen molar-refractivity contribution < 1.29 is 43.5 Å². The smallest absolute Gasteiger partial charge is 0.327 e. The number of carbonyl (C=O) groups is 8. The second-order valence-corrected chi connectivity index (χ2v) is 14.6. The highest BCUT2D eigenvalue weighted by Gasteiger charge is 2.32. The first-order valence-electron chi connectivity index (χ1n) is 18.5. The van der Waals surface area contributed by atoms with Crippen LogP contribution >= 0.6 is 25.3 Å². The Labute approximate surface area is 348 Å². The van der Waals surface area contributed by atoms with Crippen molar-refractivity contribution in [2.24, 2.45) is 50.5 Å². The van der Waals surface area contributed by atoms with Gasteiger partial charge in [-0.3, -0.25) is 43.5 Å². The highest BCUT2D eigenvalue weighted by molar-refractivity contribution is 7.80. The number of carboxylic acids is 1. The molecule has 0 aromatic carbocycles. The number of amides is 7. The van der Waals surface area contributed by atoms with Crippen LogP contribution in [-0.4, -0.2) is 138 Å². The number of nitrogens with one attached hydrogen (secondary N) is 7. The average molecular weight is 863 g/mol. The van der Waals surface area contributed by atoms with Gasteiger partial charge in [-0.05, 0) is 43.9 Å². The number of nitrogens with zero attached hydrogens (tertiary/aromatic N) is 2. The first kappa shape index (κ1) is 53.0. The van der Waals surface area contributed by atoms with Gasteiger partial charge in [0.05, 0.1) is 19.1 Å². The number of guanidine groups is 2. The molecule has 0 radical (unpaired) electrons. The minimum Gasteiger partial charge on any atom is -0.480 e. The van der Waals surface area contributed by atoms with Crippen LogP contribution in [0.5, 0.6) is 0 Å². The van der Waals surface area contributed by atoms with Crippen LogP contribution in [0.3, 0.4) is 0 Å². The molecule has 23 nitrogen and oxygen atoms in total. The van der Waals surface area contributed by atoms with Crippen LogP contribution in [-0.2, 0) is 38.4 Å². The van der Waals surface area contributed by atoms with Gasteiger partial charge in [-0.25, -0.2) is 4.79 Å². The molecule has 0 fully saturated rings. The van der Waals surface area contributed by atoms with E-state index in [1.54, 1.807) is 13.8 Å². The molecule has 0 spiro atoms. The quantitative estimate of drug-likeness (QED) is 0.0151. The third-order valence-corrected chi connectivity index (χ3v) is 8.72. The van der Waals surface area contributed by atoms with Gasteiger partial charge in [0.25, 0.3) is 0 Å². The van der Waals surface area contributed by atoms with Gasteiger partial charge in [-0.15, -0.1) is 0 Å². The summed E-state index contributed by atoms with van der Waals surface area (Å²) in [6.45, 7) is 6.00. The van der Waals surface area contributed by atoms with Crippen LogP contribution in [0.15, 0.2) is 9.98 Å². The van der Waals surface area contributed by atoms with Crippen molar-refractivity contribution in [1.29, 1.82) is 0 Å². The molecule has 25 heteroatoms. The van der Waals surface area contributed by atoms with Gasteiger partial charge in [0.1, 0.15) is 30.2 Å². The molecule has 0 aliphatic heterocycles. The van der Waals surface area contributed by atoms with Gasteiger partial charge in [0.15, 0.2) is 11.9 Å². The van der Waals surface area contributed by atoms with E-state index >= 15 is 0 Å². The second kappa shape index (κ2) is 28.4. The van der Waals surface area contributed by atoms with E-state index in [0.29, 0.717) is 0 Å². The van der Waals surface area contributed by atoms with Gasteiger partial charge in [-0.1, -0.05) is 27.7 Å². The fourth-order valence-electron chi connectivity index (χ4n) is 4.89. The van der Waals surface area contributed by atoms with Crippen LogP contribution in [0.25, 0.3) is 0 Å². The van der Waals surface area contributed by atoms with E-state index in [2.05, 4.69) is 72.5 Å². The predicted molar refractivity (Wildman–Crippen MR) is 223 cm³/mol. The maximum atomic E-state index is 13.6. The molecular weight excluding hydrogens is 801 g/mol. The minimum absolute atomic E-state index is 0.00918. The molecule has 0 saturated heterocycles. The molecule has 18 N–H and O–H groups in total. The fourth-order valence-corrected chi connectivity index (χ4v) is 5.31. The van der Waals surface area contributed by atoms with Crippen molar-refractivity contribution in [1.82, 2.24) is 37.2 Å². The number of nitrogens with two attached hydrogens (primary N) is 5. The summed E-state index contributed by atoms with van der Waals surface area (Å²) in [4.78, 5) is 110. The number of hydrogen-bond donors (Lipinski definition) is 15. The van der Waals surface area contributed by atoms with E-state index in [0.717, 1.165) is 0 Å². The standard InChI is InChI=1S/C33H62N14O9S2/c1-16(2)11-21(45-30(54)25(17(3)4)47-26(50)18(34)14-57)29(53)44-19(7-5-9-39-32(35)36)27(51)42-12-23(48)41-13-24(49)43-20(8-6-10-40-33(37)38)28(52)46-22(15-58)31(55)56/h16-22,25,57-58H,5-15,34H2,1-4H3,(H,41,48)(H,42,51)(H,43,49)(H,44,53)(H,45,54)(H,46,52)(H,47,50)(H,55,56)(H4,35,36,39)(H4,37,38,40)/t18-,19-,20-,21-,22-,25-/m0/s1. The van der Waals surface area contributed by atoms with Crippen molar-refractivity contribution >= 4 is 84.5 Å². The number of hydrogen-bond acceptors (Lipinski definition) is 13. The summed E-state index contributed by atoms with van der Waals surface area (Å²) < 4.78 is 0. The second-order valence-electron chi connectivity index (χ2n) is 13.9. The van der Waals surface area contributed by atoms with Crippen LogP contribution in [0.2, 0.25) is 0 Å². The van der Waals surface area contributed by atoms with E-state index in [4.69, 9.17) is 28.7 Å². The first-order chi connectivity index (χ1) is 27.1. The zero-order valence-corrected chi connectivity index (χ0v) is 35.1. The van der Waals surface area contributed by atoms with Crippen LogP contribution in [0.1, 0.15) is 59.8 Å². The third kappa shape index (κ3) is 22.6. The Morgan fingerprint density at radius 3 is 1.53 bits per heavy atom. The van der Waals surface area contributed by atoms with Crippen molar-refractivity contribution in [3.05, 3.63) is 0 Å². The lowest BCUT2D eigenvalue weighted by molar-refractivity contribution is -0.141. The lowest BCUT2D eigenvalue weighted by Crippen LogP contribution is -2.59. The Balaban J connectivity index is 5.77. The summed E-state index contributed by atoms with van der Waals surface area (Å²) in [6.07, 6.45) is 0.626. The largest absolute Gasteiger partial charge is 0.480 e. The molecule has 0 aromatic heterocycles. The number of carboxylic acid groups (broad SMARTS) is 1. The Kier molecular flexibility index (Phi) is 25.9. The molecule has 0 aliphatic carbocycles. The average Bonchev–Trinajstić information content (AvgIpc) is 3.14. The Morgan fingerprint density at radius 2 is 1.07 bits per heavy atom. The molecule has 7 amide bonds.